The highest BCUT2D eigenvalue weighted by Gasteiger charge is 2.55. The number of carbonyl (C=O) groups is 2. The molecule has 1 rings (SSSR count). The van der Waals surface area contributed by atoms with Gasteiger partial charge in [0.2, 0.25) is 0 Å². The first-order valence-electron chi connectivity index (χ1n) is 3.92. The summed E-state index contributed by atoms with van der Waals surface area (Å²) in [4.78, 5) is 24.0. The van der Waals surface area contributed by atoms with Crippen LogP contribution in [0.1, 0.15) is 6.92 Å². The van der Waals surface area contributed by atoms with E-state index in [4.69, 9.17) is 10.2 Å². The first-order chi connectivity index (χ1) is 5.99. The fourth-order valence-corrected chi connectivity index (χ4v) is 1.40. The number of likely N-dealkylation sites (N-methyl/N-ethyl adjacent to an activating group) is 1. The summed E-state index contributed by atoms with van der Waals surface area (Å²) in [7, 11) is 1.33. The van der Waals surface area contributed by atoms with Crippen molar-refractivity contribution in [1.82, 2.24) is 4.90 Å². The van der Waals surface area contributed by atoms with Crippen molar-refractivity contribution in [1.29, 1.82) is 0 Å². The van der Waals surface area contributed by atoms with E-state index in [-0.39, 0.29) is 0 Å². The average Bonchev–Trinajstić information content (AvgIpc) is 2.29. The summed E-state index contributed by atoms with van der Waals surface area (Å²) in [5.74, 6) is -0.401. The Kier molecular flexibility index (Phi) is 2.38. The molecule has 2 N–H and O–H groups in total. The lowest BCUT2D eigenvalue weighted by atomic mass is 10.3. The SMILES string of the molecule is CC1C(=O)[N+](C)(CO)C(=O)N1CO. The summed E-state index contributed by atoms with van der Waals surface area (Å²) in [6, 6.07) is -1.24. The van der Waals surface area contributed by atoms with Crippen LogP contribution in [0, 0.1) is 0 Å². The number of carbonyl (C=O) groups excluding carboxylic acids is 2. The van der Waals surface area contributed by atoms with Gasteiger partial charge in [-0.25, -0.2) is 9.59 Å². The summed E-state index contributed by atoms with van der Waals surface area (Å²) in [5.41, 5.74) is 0. The van der Waals surface area contributed by atoms with Gasteiger partial charge in [0.05, 0.1) is 7.05 Å². The van der Waals surface area contributed by atoms with Gasteiger partial charge in [-0.1, -0.05) is 0 Å². The fraction of sp³-hybridized carbons (Fsp3) is 0.714. The third-order valence-corrected chi connectivity index (χ3v) is 2.41. The van der Waals surface area contributed by atoms with Crippen LogP contribution in [0.4, 0.5) is 4.79 Å². The molecular formula is C7H13N2O4+. The molecule has 3 amide bonds. The normalized spacial score (nSPS) is 34.5. The highest BCUT2D eigenvalue weighted by atomic mass is 16.3. The van der Waals surface area contributed by atoms with Crippen LogP contribution in [0.3, 0.4) is 0 Å². The number of quaternary nitrogens is 1. The quantitative estimate of drug-likeness (QED) is 0.417. The summed E-state index contributed by atoms with van der Waals surface area (Å²) in [5, 5.41) is 17.7. The summed E-state index contributed by atoms with van der Waals surface area (Å²) < 4.78 is -0.679. The summed E-state index contributed by atoms with van der Waals surface area (Å²) in [6.45, 7) is 0.452. The molecule has 74 valence electrons. The number of hydrogen-bond acceptors (Lipinski definition) is 4. The predicted octanol–water partition coefficient (Wildman–Crippen LogP) is -1.32. The number of nitrogens with zero attached hydrogens (tertiary/aromatic N) is 2. The zero-order chi connectivity index (χ0) is 10.2. The highest BCUT2D eigenvalue weighted by molar-refractivity contribution is 5.94. The maximum atomic E-state index is 11.5. The topological polar surface area (TPSA) is 77.8 Å². The largest absolute Gasteiger partial charge is 0.431 e. The van der Waals surface area contributed by atoms with E-state index >= 15 is 0 Å². The molecule has 1 aliphatic heterocycles. The number of rotatable bonds is 2. The molecule has 0 aromatic carbocycles. The van der Waals surface area contributed by atoms with E-state index in [2.05, 4.69) is 0 Å². The van der Waals surface area contributed by atoms with Gasteiger partial charge in [0.25, 0.3) is 0 Å². The Morgan fingerprint density at radius 1 is 1.46 bits per heavy atom. The summed E-state index contributed by atoms with van der Waals surface area (Å²) >= 11 is 0. The van der Waals surface area contributed by atoms with Crippen molar-refractivity contribution in [3.05, 3.63) is 0 Å². The van der Waals surface area contributed by atoms with Crippen molar-refractivity contribution in [2.75, 3.05) is 20.5 Å². The number of imide groups is 1. The zero-order valence-corrected chi connectivity index (χ0v) is 7.60. The van der Waals surface area contributed by atoms with Crippen molar-refractivity contribution in [3.63, 3.8) is 0 Å². The van der Waals surface area contributed by atoms with Gasteiger partial charge < -0.3 is 10.2 Å². The standard InChI is InChI=1S/C7H13N2O4/c1-5-6(12)9(2,4-11)7(13)8(5)3-10/h5,10-11H,3-4H2,1-2H3/q+1. The van der Waals surface area contributed by atoms with Crippen LogP contribution in [0.15, 0.2) is 0 Å². The van der Waals surface area contributed by atoms with E-state index < -0.39 is 35.9 Å². The molecule has 0 saturated carbocycles. The first kappa shape index (κ1) is 10.1. The molecule has 1 saturated heterocycles. The van der Waals surface area contributed by atoms with Gasteiger partial charge in [0.15, 0.2) is 12.8 Å². The number of hydrogen-bond donors (Lipinski definition) is 2. The molecule has 1 heterocycles. The third kappa shape index (κ3) is 1.14. The monoisotopic (exact) mass is 189 g/mol. The highest BCUT2D eigenvalue weighted by Crippen LogP contribution is 2.22. The minimum atomic E-state index is -0.679. The number of urea groups is 1. The minimum absolute atomic E-state index is 0.401. The second-order valence-electron chi connectivity index (χ2n) is 3.24. The Morgan fingerprint density at radius 2 is 2.00 bits per heavy atom. The van der Waals surface area contributed by atoms with Crippen molar-refractivity contribution in [2.45, 2.75) is 13.0 Å². The van der Waals surface area contributed by atoms with Gasteiger partial charge in [-0.05, 0) is 6.92 Å². The number of aliphatic hydroxyl groups excluding tert-OH is 2. The lowest BCUT2D eigenvalue weighted by Crippen LogP contribution is -2.51. The Hall–Kier alpha value is -0.980. The maximum Gasteiger partial charge on any atom is 0.431 e. The lowest BCUT2D eigenvalue weighted by molar-refractivity contribution is -0.771. The predicted molar refractivity (Wildman–Crippen MR) is 42.1 cm³/mol. The molecule has 2 atom stereocenters. The minimum Gasteiger partial charge on any atom is -0.376 e. The second kappa shape index (κ2) is 3.06. The van der Waals surface area contributed by atoms with Crippen LogP contribution >= 0.6 is 0 Å². The molecule has 1 aliphatic rings. The van der Waals surface area contributed by atoms with Gasteiger partial charge in [-0.15, -0.1) is 0 Å². The van der Waals surface area contributed by atoms with Crippen LogP contribution in [-0.4, -0.2) is 58.1 Å². The Bertz CT molecular complexity index is 255. The van der Waals surface area contributed by atoms with Gasteiger partial charge in [-0.2, -0.15) is 4.48 Å². The number of aliphatic hydroxyl groups is 2. The van der Waals surface area contributed by atoms with Crippen LogP contribution in [0.5, 0.6) is 0 Å². The smallest absolute Gasteiger partial charge is 0.376 e. The Morgan fingerprint density at radius 3 is 2.23 bits per heavy atom. The lowest BCUT2D eigenvalue weighted by Gasteiger charge is -2.19. The average molecular weight is 189 g/mol. The van der Waals surface area contributed by atoms with Crippen LogP contribution in [-0.2, 0) is 4.79 Å². The van der Waals surface area contributed by atoms with Gasteiger partial charge in [0.1, 0.15) is 6.73 Å². The Labute approximate surface area is 75.6 Å². The van der Waals surface area contributed by atoms with Crippen molar-refractivity contribution in [3.8, 4) is 0 Å². The molecule has 2 unspecified atom stereocenters. The molecule has 0 aliphatic carbocycles. The third-order valence-electron chi connectivity index (χ3n) is 2.41. The zero-order valence-electron chi connectivity index (χ0n) is 7.60. The Balaban J connectivity index is 3.05. The van der Waals surface area contributed by atoms with Crippen LogP contribution in [0.2, 0.25) is 0 Å². The molecule has 13 heavy (non-hydrogen) atoms. The molecule has 0 radical (unpaired) electrons. The maximum absolute atomic E-state index is 11.5. The molecular weight excluding hydrogens is 176 g/mol. The van der Waals surface area contributed by atoms with E-state index in [0.717, 1.165) is 4.90 Å². The van der Waals surface area contributed by atoms with Crippen molar-refractivity contribution >= 4 is 11.9 Å². The van der Waals surface area contributed by atoms with E-state index in [1.807, 2.05) is 0 Å². The van der Waals surface area contributed by atoms with E-state index in [0.29, 0.717) is 0 Å². The van der Waals surface area contributed by atoms with Crippen molar-refractivity contribution in [2.24, 2.45) is 0 Å². The number of amides is 3. The van der Waals surface area contributed by atoms with Crippen LogP contribution in [0.25, 0.3) is 0 Å². The molecule has 6 heteroatoms. The molecule has 1 fully saturated rings. The van der Waals surface area contributed by atoms with E-state index in [1.54, 1.807) is 0 Å². The van der Waals surface area contributed by atoms with E-state index in [1.165, 1.54) is 14.0 Å². The van der Waals surface area contributed by atoms with Gasteiger partial charge >= 0.3 is 11.9 Å². The second-order valence-corrected chi connectivity index (χ2v) is 3.24. The molecule has 6 nitrogen and oxygen atoms in total. The molecule has 0 aromatic rings. The fourth-order valence-electron chi connectivity index (χ4n) is 1.40. The molecule has 0 bridgehead atoms. The van der Waals surface area contributed by atoms with E-state index in [9.17, 15) is 9.59 Å². The first-order valence-corrected chi connectivity index (χ1v) is 3.92. The summed E-state index contributed by atoms with van der Waals surface area (Å²) in [6.07, 6.45) is 0. The molecule has 0 aromatic heterocycles. The van der Waals surface area contributed by atoms with Gasteiger partial charge in [0, 0.05) is 0 Å². The van der Waals surface area contributed by atoms with Gasteiger partial charge in [-0.3, -0.25) is 4.90 Å². The molecule has 0 spiro atoms. The van der Waals surface area contributed by atoms with Crippen molar-refractivity contribution < 1.29 is 24.3 Å². The van der Waals surface area contributed by atoms with Crippen LogP contribution < -0.4 is 0 Å².